The van der Waals surface area contributed by atoms with Crippen molar-refractivity contribution in [1.29, 1.82) is 0 Å². The second kappa shape index (κ2) is 8.76. The SMILES string of the molecule is CC1(C)OC(=O)C(CC(=O)OC23CC4CC(C2)CC(C(=O)OCCC(F)(F)C(F)(F)S(=O)(=O)O)(C4)C3)O1. The summed E-state index contributed by atoms with van der Waals surface area (Å²) in [4.78, 5) is 37.7. The molecular weight excluding hydrogens is 532 g/mol. The molecule has 210 valence electrons. The van der Waals surface area contributed by atoms with Gasteiger partial charge in [0.25, 0.3) is 0 Å². The van der Waals surface area contributed by atoms with E-state index in [1.165, 1.54) is 13.8 Å². The van der Waals surface area contributed by atoms with Crippen molar-refractivity contribution in [1.82, 2.24) is 0 Å². The van der Waals surface area contributed by atoms with Crippen molar-refractivity contribution in [3.8, 4) is 0 Å². The molecule has 10 nitrogen and oxygen atoms in total. The Bertz CT molecular complexity index is 1080. The normalized spacial score (nSPS) is 34.8. The van der Waals surface area contributed by atoms with Crippen LogP contribution in [-0.4, -0.2) is 66.2 Å². The zero-order chi connectivity index (χ0) is 27.7. The van der Waals surface area contributed by atoms with Gasteiger partial charge in [0.05, 0.1) is 24.9 Å². The molecule has 0 spiro atoms. The number of esters is 3. The van der Waals surface area contributed by atoms with Gasteiger partial charge in [-0.25, -0.2) is 4.79 Å². The highest BCUT2D eigenvalue weighted by Gasteiger charge is 2.66. The van der Waals surface area contributed by atoms with E-state index in [0.29, 0.717) is 25.7 Å². The van der Waals surface area contributed by atoms with Crippen molar-refractivity contribution < 1.29 is 63.9 Å². The smallest absolute Gasteiger partial charge is 0.431 e. The quantitative estimate of drug-likeness (QED) is 0.194. The van der Waals surface area contributed by atoms with Crippen LogP contribution in [0, 0.1) is 17.3 Å². The molecule has 5 aliphatic rings. The van der Waals surface area contributed by atoms with Gasteiger partial charge in [-0.05, 0) is 43.9 Å². The van der Waals surface area contributed by atoms with Crippen molar-refractivity contribution in [2.45, 2.75) is 93.9 Å². The fraction of sp³-hybridized carbons (Fsp3) is 0.864. The molecule has 15 heteroatoms. The van der Waals surface area contributed by atoms with E-state index in [0.717, 1.165) is 6.42 Å². The molecule has 4 saturated carbocycles. The molecule has 4 bridgehead atoms. The minimum absolute atomic E-state index is 0.0291. The first kappa shape index (κ1) is 28.0. The number of alkyl halides is 4. The van der Waals surface area contributed by atoms with Gasteiger partial charge in [0.15, 0.2) is 6.10 Å². The summed E-state index contributed by atoms with van der Waals surface area (Å²) in [6, 6.07) is 0. The highest BCUT2D eigenvalue weighted by Crippen LogP contribution is 2.63. The third-order valence-electron chi connectivity index (χ3n) is 7.56. The maximum absolute atomic E-state index is 13.8. The van der Waals surface area contributed by atoms with Crippen molar-refractivity contribution in [3.63, 3.8) is 0 Å². The molecule has 1 aliphatic heterocycles. The molecule has 4 aliphatic carbocycles. The molecule has 3 unspecified atom stereocenters. The third-order valence-corrected chi connectivity index (χ3v) is 8.50. The van der Waals surface area contributed by atoms with Crippen LogP contribution in [0.1, 0.15) is 65.2 Å². The van der Waals surface area contributed by atoms with Gasteiger partial charge in [0, 0.05) is 20.3 Å². The van der Waals surface area contributed by atoms with Crippen LogP contribution in [-0.2, 0) is 43.4 Å². The first-order valence-electron chi connectivity index (χ1n) is 11.8. The maximum Gasteiger partial charge on any atom is 0.431 e. The molecule has 0 aromatic rings. The Kier molecular flexibility index (Phi) is 6.64. The van der Waals surface area contributed by atoms with E-state index in [-0.39, 0.29) is 18.3 Å². The Morgan fingerprint density at radius 3 is 2.22 bits per heavy atom. The summed E-state index contributed by atoms with van der Waals surface area (Å²) in [7, 11) is -6.40. The number of cyclic esters (lactones) is 1. The molecule has 0 amide bonds. The van der Waals surface area contributed by atoms with Crippen molar-refractivity contribution in [3.05, 3.63) is 0 Å². The van der Waals surface area contributed by atoms with Crippen LogP contribution in [0.15, 0.2) is 0 Å². The van der Waals surface area contributed by atoms with E-state index in [1.54, 1.807) is 0 Å². The van der Waals surface area contributed by atoms with Crippen LogP contribution in [0.25, 0.3) is 0 Å². The van der Waals surface area contributed by atoms with Crippen LogP contribution in [0.5, 0.6) is 0 Å². The molecule has 0 aromatic heterocycles. The van der Waals surface area contributed by atoms with Crippen LogP contribution in [0.2, 0.25) is 0 Å². The molecule has 5 rings (SSSR count). The number of ether oxygens (including phenoxy) is 4. The molecule has 1 N–H and O–H groups in total. The van der Waals surface area contributed by atoms with Crippen LogP contribution in [0.3, 0.4) is 0 Å². The molecule has 0 radical (unpaired) electrons. The van der Waals surface area contributed by atoms with Gasteiger partial charge in [-0.15, -0.1) is 0 Å². The fourth-order valence-corrected chi connectivity index (χ4v) is 7.06. The highest BCUT2D eigenvalue weighted by atomic mass is 32.2. The summed E-state index contributed by atoms with van der Waals surface area (Å²) in [6.45, 7) is 1.83. The van der Waals surface area contributed by atoms with Gasteiger partial charge >= 0.3 is 39.2 Å². The van der Waals surface area contributed by atoms with Gasteiger partial charge in [0.2, 0.25) is 5.79 Å². The maximum atomic E-state index is 13.8. The van der Waals surface area contributed by atoms with Gasteiger partial charge < -0.3 is 18.9 Å². The van der Waals surface area contributed by atoms with E-state index in [4.69, 9.17) is 23.5 Å². The summed E-state index contributed by atoms with van der Waals surface area (Å²) >= 11 is 0. The van der Waals surface area contributed by atoms with Gasteiger partial charge in [-0.3, -0.25) is 14.1 Å². The van der Waals surface area contributed by atoms with Crippen LogP contribution in [0.4, 0.5) is 17.6 Å². The van der Waals surface area contributed by atoms with Gasteiger partial charge in [0.1, 0.15) is 5.60 Å². The van der Waals surface area contributed by atoms with Crippen molar-refractivity contribution in [2.75, 3.05) is 6.61 Å². The first-order valence-corrected chi connectivity index (χ1v) is 13.3. The van der Waals surface area contributed by atoms with Gasteiger partial charge in [-0.1, -0.05) is 0 Å². The lowest BCUT2D eigenvalue weighted by molar-refractivity contribution is -0.216. The second-order valence-corrected chi connectivity index (χ2v) is 12.6. The van der Waals surface area contributed by atoms with Crippen molar-refractivity contribution in [2.24, 2.45) is 17.3 Å². The predicted octanol–water partition coefficient (Wildman–Crippen LogP) is 2.99. The molecule has 37 heavy (non-hydrogen) atoms. The fourth-order valence-electron chi connectivity index (χ4n) is 6.58. The van der Waals surface area contributed by atoms with Crippen LogP contribution >= 0.6 is 0 Å². The second-order valence-electron chi connectivity index (χ2n) is 11.1. The standard InChI is InChI=1S/C22H28F4O10S/c1-18(2)34-14(16(28)36-18)6-15(27)35-20-9-12-5-13(10-20)8-19(7-12,11-20)17(29)33-4-3-21(23,24)22(25,26)37(30,31)32/h12-14H,3-11H2,1-2H3,(H,30,31,32). The zero-order valence-corrected chi connectivity index (χ0v) is 21.0. The van der Waals surface area contributed by atoms with E-state index >= 15 is 0 Å². The lowest BCUT2D eigenvalue weighted by Crippen LogP contribution is -2.60. The number of halogens is 4. The van der Waals surface area contributed by atoms with E-state index in [1.807, 2.05) is 0 Å². The molecule has 0 aromatic carbocycles. The van der Waals surface area contributed by atoms with Crippen molar-refractivity contribution >= 4 is 28.0 Å². The average molecular weight is 561 g/mol. The Labute approximate surface area is 210 Å². The highest BCUT2D eigenvalue weighted by molar-refractivity contribution is 7.87. The topological polar surface area (TPSA) is 142 Å². The molecular formula is C22H28F4O10S. The Morgan fingerprint density at radius 2 is 1.70 bits per heavy atom. The monoisotopic (exact) mass is 560 g/mol. The largest absolute Gasteiger partial charge is 0.465 e. The molecule has 5 fully saturated rings. The van der Waals surface area contributed by atoms with E-state index < -0.39 is 81.6 Å². The summed E-state index contributed by atoms with van der Waals surface area (Å²) in [5.41, 5.74) is -2.23. The summed E-state index contributed by atoms with van der Waals surface area (Å²) < 4.78 is 105. The zero-order valence-electron chi connectivity index (χ0n) is 20.1. The van der Waals surface area contributed by atoms with E-state index in [2.05, 4.69) is 0 Å². The van der Waals surface area contributed by atoms with E-state index in [9.17, 15) is 40.4 Å². The third kappa shape index (κ3) is 5.18. The Balaban J connectivity index is 1.40. The molecule has 1 saturated heterocycles. The number of carbonyl (C=O) groups is 3. The number of hydrogen-bond acceptors (Lipinski definition) is 9. The van der Waals surface area contributed by atoms with Crippen LogP contribution < -0.4 is 0 Å². The molecule has 1 heterocycles. The Morgan fingerprint density at radius 1 is 1.11 bits per heavy atom. The van der Waals surface area contributed by atoms with Gasteiger partial charge in [-0.2, -0.15) is 26.0 Å². The Hall–Kier alpha value is -2.00. The summed E-state index contributed by atoms with van der Waals surface area (Å²) in [5.74, 6) is -8.77. The minimum Gasteiger partial charge on any atom is -0.465 e. The predicted molar refractivity (Wildman–Crippen MR) is 113 cm³/mol. The summed E-state index contributed by atoms with van der Waals surface area (Å²) in [6.07, 6.45) is -0.962. The molecule has 3 atom stereocenters. The lowest BCUT2D eigenvalue weighted by Gasteiger charge is -2.59. The number of rotatable bonds is 9. The average Bonchev–Trinajstić information content (AvgIpc) is 2.96. The summed E-state index contributed by atoms with van der Waals surface area (Å²) in [5, 5.41) is -5.75. The lowest BCUT2D eigenvalue weighted by atomic mass is 9.48. The minimum atomic E-state index is -6.40. The number of carbonyl (C=O) groups excluding carboxylic acids is 3. The first-order chi connectivity index (χ1) is 16.8. The number of hydrogen-bond donors (Lipinski definition) is 1.